The summed E-state index contributed by atoms with van der Waals surface area (Å²) in [6.45, 7) is 0. The van der Waals surface area contributed by atoms with Crippen LogP contribution in [0.3, 0.4) is 0 Å². The van der Waals surface area contributed by atoms with Gasteiger partial charge in [-0.2, -0.15) is 0 Å². The Morgan fingerprint density at radius 2 is 1.89 bits per heavy atom. The summed E-state index contributed by atoms with van der Waals surface area (Å²) in [6.07, 6.45) is 1.79. The first-order valence-electron chi connectivity index (χ1n) is 5.35. The molecular weight excluding hydrogens is 379 g/mol. The topological polar surface area (TPSA) is 24.9 Å². The van der Waals surface area contributed by atoms with E-state index in [1.807, 2.05) is 37.4 Å². The van der Waals surface area contributed by atoms with E-state index in [9.17, 15) is 0 Å². The molecule has 1 N–H and O–H groups in total. The van der Waals surface area contributed by atoms with Crippen molar-refractivity contribution in [2.24, 2.45) is 0 Å². The van der Waals surface area contributed by atoms with E-state index in [1.54, 1.807) is 6.20 Å². The minimum atomic E-state index is 0.0322. The highest BCUT2D eigenvalue weighted by Gasteiger charge is 2.16. The Hall–Kier alpha value is -0.420. The molecule has 1 heterocycles. The van der Waals surface area contributed by atoms with Crippen LogP contribution in [0.1, 0.15) is 17.3 Å². The second kappa shape index (κ2) is 6.15. The van der Waals surface area contributed by atoms with Gasteiger partial charge in [0.15, 0.2) is 0 Å². The van der Waals surface area contributed by atoms with Crippen molar-refractivity contribution in [3.05, 3.63) is 61.8 Å². The van der Waals surface area contributed by atoms with E-state index in [0.717, 1.165) is 25.2 Å². The number of aromatic nitrogens is 1. The summed E-state index contributed by atoms with van der Waals surface area (Å²) in [7, 11) is 1.91. The summed E-state index contributed by atoms with van der Waals surface area (Å²) >= 11 is 12.9. The fraction of sp³-hybridized carbons (Fsp3) is 0.154. The van der Waals surface area contributed by atoms with Crippen LogP contribution in [-0.4, -0.2) is 12.0 Å². The molecule has 0 aliphatic carbocycles. The molecule has 0 saturated carbocycles. The van der Waals surface area contributed by atoms with Gasteiger partial charge in [-0.1, -0.05) is 23.7 Å². The van der Waals surface area contributed by atoms with Crippen molar-refractivity contribution in [1.29, 1.82) is 0 Å². The second-order valence-corrected chi connectivity index (χ2v) is 6.00. The average Bonchev–Trinajstić information content (AvgIpc) is 2.35. The molecule has 5 heteroatoms. The van der Waals surface area contributed by atoms with Crippen LogP contribution in [0.4, 0.5) is 0 Å². The lowest BCUT2D eigenvalue weighted by Crippen LogP contribution is -2.19. The van der Waals surface area contributed by atoms with Crippen molar-refractivity contribution < 1.29 is 0 Å². The van der Waals surface area contributed by atoms with E-state index in [4.69, 9.17) is 11.6 Å². The van der Waals surface area contributed by atoms with E-state index in [-0.39, 0.29) is 6.04 Å². The van der Waals surface area contributed by atoms with E-state index in [2.05, 4.69) is 42.2 Å². The van der Waals surface area contributed by atoms with E-state index < -0.39 is 0 Å². The number of hydrogen-bond acceptors (Lipinski definition) is 2. The maximum atomic E-state index is 5.91. The molecule has 0 aliphatic rings. The minimum Gasteiger partial charge on any atom is -0.308 e. The maximum Gasteiger partial charge on any atom is 0.0761 e. The van der Waals surface area contributed by atoms with Gasteiger partial charge in [-0.25, -0.2) is 0 Å². The van der Waals surface area contributed by atoms with Gasteiger partial charge in [-0.15, -0.1) is 0 Å². The number of nitrogens with one attached hydrogen (secondary N) is 1. The van der Waals surface area contributed by atoms with Crippen LogP contribution in [0.2, 0.25) is 5.02 Å². The monoisotopic (exact) mass is 388 g/mol. The lowest BCUT2D eigenvalue weighted by Gasteiger charge is -2.17. The predicted octanol–water partition coefficient (Wildman–Crippen LogP) is 4.57. The van der Waals surface area contributed by atoms with E-state index >= 15 is 0 Å². The van der Waals surface area contributed by atoms with Crippen molar-refractivity contribution in [2.75, 3.05) is 7.05 Å². The van der Waals surface area contributed by atoms with Crippen LogP contribution in [0.5, 0.6) is 0 Å². The zero-order chi connectivity index (χ0) is 13.1. The van der Waals surface area contributed by atoms with Gasteiger partial charge in [-0.3, -0.25) is 4.98 Å². The molecule has 0 aliphatic heterocycles. The summed E-state index contributed by atoms with van der Waals surface area (Å²) in [5.41, 5.74) is 2.07. The molecule has 0 fully saturated rings. The number of rotatable bonds is 3. The molecular formula is C13H11Br2ClN2. The number of pyridine rings is 1. The zero-order valence-electron chi connectivity index (χ0n) is 9.62. The molecule has 1 unspecified atom stereocenters. The summed E-state index contributed by atoms with van der Waals surface area (Å²) in [5, 5.41) is 4.00. The molecule has 1 aromatic heterocycles. The standard InChI is InChI=1S/C13H11Br2ClN2/c1-17-12(8-2-4-10(16)5-3-8)13-11(15)6-9(14)7-18-13/h2-7,12,17H,1H3. The van der Waals surface area contributed by atoms with Gasteiger partial charge in [0.25, 0.3) is 0 Å². The molecule has 94 valence electrons. The molecule has 2 nitrogen and oxygen atoms in total. The van der Waals surface area contributed by atoms with Gasteiger partial charge in [0, 0.05) is 20.2 Å². The normalized spacial score (nSPS) is 12.4. The Labute approximate surface area is 128 Å². The van der Waals surface area contributed by atoms with Crippen molar-refractivity contribution in [1.82, 2.24) is 10.3 Å². The third-order valence-corrected chi connectivity index (χ3v) is 3.92. The highest BCUT2D eigenvalue weighted by atomic mass is 79.9. The highest BCUT2D eigenvalue weighted by Crippen LogP contribution is 2.29. The quantitative estimate of drug-likeness (QED) is 0.831. The lowest BCUT2D eigenvalue weighted by molar-refractivity contribution is 0.667. The summed E-state index contributed by atoms with van der Waals surface area (Å²) in [6, 6.07) is 9.79. The third-order valence-electron chi connectivity index (χ3n) is 2.60. The number of benzene rings is 1. The third kappa shape index (κ3) is 3.12. The molecule has 0 amide bonds. The Morgan fingerprint density at radius 3 is 2.44 bits per heavy atom. The summed E-state index contributed by atoms with van der Waals surface area (Å²) < 4.78 is 1.91. The van der Waals surface area contributed by atoms with Crippen molar-refractivity contribution in [3.63, 3.8) is 0 Å². The van der Waals surface area contributed by atoms with Crippen LogP contribution in [0.25, 0.3) is 0 Å². The van der Waals surface area contributed by atoms with Crippen LogP contribution < -0.4 is 5.32 Å². The van der Waals surface area contributed by atoms with Crippen molar-refractivity contribution >= 4 is 43.5 Å². The number of hydrogen-bond donors (Lipinski definition) is 1. The number of nitrogens with zero attached hydrogens (tertiary/aromatic N) is 1. The molecule has 0 saturated heterocycles. The van der Waals surface area contributed by atoms with Gasteiger partial charge in [0.1, 0.15) is 0 Å². The van der Waals surface area contributed by atoms with Gasteiger partial charge < -0.3 is 5.32 Å². The first-order valence-corrected chi connectivity index (χ1v) is 7.32. The first kappa shape index (κ1) is 14.0. The van der Waals surface area contributed by atoms with Gasteiger partial charge in [0.2, 0.25) is 0 Å². The molecule has 18 heavy (non-hydrogen) atoms. The van der Waals surface area contributed by atoms with Crippen LogP contribution in [0.15, 0.2) is 45.5 Å². The summed E-state index contributed by atoms with van der Waals surface area (Å²) in [5.74, 6) is 0. The Kier molecular flexibility index (Phi) is 4.78. The Bertz CT molecular complexity index is 543. The zero-order valence-corrected chi connectivity index (χ0v) is 13.6. The largest absolute Gasteiger partial charge is 0.308 e. The smallest absolute Gasteiger partial charge is 0.0761 e. The minimum absolute atomic E-state index is 0.0322. The van der Waals surface area contributed by atoms with Crippen molar-refractivity contribution in [3.8, 4) is 0 Å². The second-order valence-electron chi connectivity index (χ2n) is 3.79. The molecule has 0 bridgehead atoms. The van der Waals surface area contributed by atoms with Gasteiger partial charge in [0.05, 0.1) is 11.7 Å². The molecule has 2 rings (SSSR count). The SMILES string of the molecule is CNC(c1ccc(Cl)cc1)c1ncc(Br)cc1Br. The van der Waals surface area contributed by atoms with Crippen LogP contribution in [-0.2, 0) is 0 Å². The Morgan fingerprint density at radius 1 is 1.22 bits per heavy atom. The van der Waals surface area contributed by atoms with Crippen molar-refractivity contribution in [2.45, 2.75) is 6.04 Å². The van der Waals surface area contributed by atoms with Crippen LogP contribution >= 0.6 is 43.5 Å². The van der Waals surface area contributed by atoms with E-state index in [1.165, 1.54) is 0 Å². The Balaban J connectivity index is 2.41. The fourth-order valence-corrected chi connectivity index (χ4v) is 3.10. The summed E-state index contributed by atoms with van der Waals surface area (Å²) in [4.78, 5) is 4.46. The molecule has 0 radical (unpaired) electrons. The predicted molar refractivity (Wildman–Crippen MR) is 82.0 cm³/mol. The average molecular weight is 391 g/mol. The highest BCUT2D eigenvalue weighted by molar-refractivity contribution is 9.11. The lowest BCUT2D eigenvalue weighted by atomic mass is 10.0. The number of halogens is 3. The fourth-order valence-electron chi connectivity index (χ4n) is 1.75. The molecule has 1 atom stereocenters. The molecule has 0 spiro atoms. The van der Waals surface area contributed by atoms with Gasteiger partial charge in [-0.05, 0) is 62.7 Å². The maximum absolute atomic E-state index is 5.91. The van der Waals surface area contributed by atoms with E-state index in [0.29, 0.717) is 0 Å². The van der Waals surface area contributed by atoms with Gasteiger partial charge >= 0.3 is 0 Å². The molecule has 1 aromatic carbocycles. The van der Waals surface area contributed by atoms with Crippen LogP contribution in [0, 0.1) is 0 Å². The molecule has 2 aromatic rings. The first-order chi connectivity index (χ1) is 8.61.